The molecule has 0 fully saturated rings. The van der Waals surface area contributed by atoms with Gasteiger partial charge in [-0.1, -0.05) is 0 Å². The molecule has 7 heteroatoms. The van der Waals surface area contributed by atoms with E-state index < -0.39 is 17.7 Å². The number of amides is 1. The number of hydrogen-bond acceptors (Lipinski definition) is 4. The van der Waals surface area contributed by atoms with Crippen LogP contribution in [0.1, 0.15) is 25.6 Å². The molecule has 0 saturated heterocycles. The van der Waals surface area contributed by atoms with Crippen molar-refractivity contribution in [1.29, 1.82) is 0 Å². The van der Waals surface area contributed by atoms with Crippen LogP contribution in [0.15, 0.2) is 29.6 Å². The zero-order valence-electron chi connectivity index (χ0n) is 10.2. The largest absolute Gasteiger partial charge is 0.478 e. The first kappa shape index (κ1) is 14.0. The van der Waals surface area contributed by atoms with E-state index in [-0.39, 0.29) is 11.1 Å². The number of nitrogens with one attached hydrogen (secondary N) is 1. The average Bonchev–Trinajstić information content (AvgIpc) is 2.86. The molecule has 0 saturated carbocycles. The molecule has 104 valence electrons. The molecular weight excluding hydrogens is 283 g/mol. The molecule has 0 atom stereocenters. The number of halogens is 1. The number of rotatable bonds is 5. The van der Waals surface area contributed by atoms with Crippen molar-refractivity contribution in [2.75, 3.05) is 5.32 Å². The van der Waals surface area contributed by atoms with Crippen molar-refractivity contribution in [2.24, 2.45) is 5.73 Å². The second kappa shape index (κ2) is 5.70. The van der Waals surface area contributed by atoms with E-state index in [1.54, 1.807) is 11.4 Å². The lowest BCUT2D eigenvalue weighted by atomic mass is 10.2. The first-order valence-electron chi connectivity index (χ1n) is 5.61. The summed E-state index contributed by atoms with van der Waals surface area (Å²) in [6, 6.07) is 5.51. The van der Waals surface area contributed by atoms with E-state index in [0.29, 0.717) is 12.2 Å². The SMILES string of the molecule is NC(=O)c1cc(NCc2cc(C(=O)O)cs2)ccc1F. The number of benzene rings is 1. The molecule has 0 spiro atoms. The number of carbonyl (C=O) groups is 2. The topological polar surface area (TPSA) is 92.4 Å². The van der Waals surface area contributed by atoms with Crippen molar-refractivity contribution in [3.8, 4) is 0 Å². The third kappa shape index (κ3) is 3.12. The second-order valence-corrected chi connectivity index (χ2v) is 5.02. The molecule has 0 unspecified atom stereocenters. The Morgan fingerprint density at radius 3 is 2.70 bits per heavy atom. The quantitative estimate of drug-likeness (QED) is 0.789. The molecule has 2 aromatic rings. The Bertz CT molecular complexity index is 669. The normalized spacial score (nSPS) is 10.2. The van der Waals surface area contributed by atoms with Crippen LogP contribution in [-0.4, -0.2) is 17.0 Å². The number of nitrogens with two attached hydrogens (primary N) is 1. The fourth-order valence-corrected chi connectivity index (χ4v) is 2.40. The summed E-state index contributed by atoms with van der Waals surface area (Å²) in [5, 5.41) is 13.3. The van der Waals surface area contributed by atoms with Gasteiger partial charge in [0.05, 0.1) is 11.1 Å². The van der Waals surface area contributed by atoms with Crippen molar-refractivity contribution < 1.29 is 19.1 Å². The van der Waals surface area contributed by atoms with E-state index in [1.165, 1.54) is 23.5 Å². The van der Waals surface area contributed by atoms with Gasteiger partial charge in [0.25, 0.3) is 5.91 Å². The first-order chi connectivity index (χ1) is 9.47. The third-order valence-electron chi connectivity index (χ3n) is 2.60. The highest BCUT2D eigenvalue weighted by Gasteiger charge is 2.10. The summed E-state index contributed by atoms with van der Waals surface area (Å²) >= 11 is 1.30. The van der Waals surface area contributed by atoms with Gasteiger partial charge >= 0.3 is 5.97 Å². The van der Waals surface area contributed by atoms with Gasteiger partial charge in [-0.15, -0.1) is 11.3 Å². The summed E-state index contributed by atoms with van der Waals surface area (Å²) in [6.07, 6.45) is 0. The summed E-state index contributed by atoms with van der Waals surface area (Å²) in [5.74, 6) is -2.49. The lowest BCUT2D eigenvalue weighted by Gasteiger charge is -2.06. The van der Waals surface area contributed by atoms with E-state index in [9.17, 15) is 14.0 Å². The number of anilines is 1. The molecule has 1 amide bonds. The van der Waals surface area contributed by atoms with Gasteiger partial charge < -0.3 is 16.2 Å². The molecule has 4 N–H and O–H groups in total. The number of aromatic carboxylic acids is 1. The maximum atomic E-state index is 13.3. The highest BCUT2D eigenvalue weighted by molar-refractivity contribution is 7.10. The molecule has 0 aliphatic rings. The van der Waals surface area contributed by atoms with E-state index in [0.717, 1.165) is 10.9 Å². The van der Waals surface area contributed by atoms with E-state index in [2.05, 4.69) is 5.32 Å². The number of primary amides is 1. The monoisotopic (exact) mass is 294 g/mol. The van der Waals surface area contributed by atoms with Crippen LogP contribution in [0.5, 0.6) is 0 Å². The predicted molar refractivity (Wildman–Crippen MR) is 73.5 cm³/mol. The molecule has 20 heavy (non-hydrogen) atoms. The molecular formula is C13H11FN2O3S. The lowest BCUT2D eigenvalue weighted by molar-refractivity contribution is 0.0697. The fraction of sp³-hybridized carbons (Fsp3) is 0.0769. The average molecular weight is 294 g/mol. The number of carboxylic acid groups (broad SMARTS) is 1. The number of carboxylic acids is 1. The van der Waals surface area contributed by atoms with Gasteiger partial charge in [-0.2, -0.15) is 0 Å². The highest BCUT2D eigenvalue weighted by Crippen LogP contribution is 2.18. The molecule has 1 heterocycles. The van der Waals surface area contributed by atoms with Gasteiger partial charge in [0, 0.05) is 22.5 Å². The Morgan fingerprint density at radius 2 is 2.10 bits per heavy atom. The minimum Gasteiger partial charge on any atom is -0.478 e. The van der Waals surface area contributed by atoms with E-state index in [1.807, 2.05) is 0 Å². The van der Waals surface area contributed by atoms with Crippen molar-refractivity contribution >= 4 is 28.9 Å². The standard InChI is InChI=1S/C13H11FN2O3S/c14-11-2-1-8(4-10(11)12(15)17)16-5-9-3-7(6-20-9)13(18)19/h1-4,6,16H,5H2,(H2,15,17)(H,18,19). The summed E-state index contributed by atoms with van der Waals surface area (Å²) in [5.41, 5.74) is 5.63. The molecule has 0 aliphatic carbocycles. The van der Waals surface area contributed by atoms with Crippen LogP contribution in [0.4, 0.5) is 10.1 Å². The minimum atomic E-state index is -0.981. The number of hydrogen-bond donors (Lipinski definition) is 3. The highest BCUT2D eigenvalue weighted by atomic mass is 32.1. The number of carbonyl (C=O) groups excluding carboxylic acids is 1. The molecule has 0 bridgehead atoms. The van der Waals surface area contributed by atoms with Gasteiger partial charge in [-0.25, -0.2) is 9.18 Å². The fourth-order valence-electron chi connectivity index (χ4n) is 1.60. The number of thiophene rings is 1. The van der Waals surface area contributed by atoms with Crippen LogP contribution >= 0.6 is 11.3 Å². The molecule has 5 nitrogen and oxygen atoms in total. The summed E-state index contributed by atoms with van der Waals surface area (Å²) in [7, 11) is 0. The smallest absolute Gasteiger partial charge is 0.336 e. The van der Waals surface area contributed by atoms with Crippen LogP contribution in [0.25, 0.3) is 0 Å². The van der Waals surface area contributed by atoms with E-state index >= 15 is 0 Å². The second-order valence-electron chi connectivity index (χ2n) is 4.02. The summed E-state index contributed by atoms with van der Waals surface area (Å²) < 4.78 is 13.3. The third-order valence-corrected chi connectivity index (χ3v) is 3.54. The van der Waals surface area contributed by atoms with E-state index in [4.69, 9.17) is 10.8 Å². The zero-order valence-corrected chi connectivity index (χ0v) is 11.0. The van der Waals surface area contributed by atoms with Gasteiger partial charge in [0.2, 0.25) is 0 Å². The molecule has 1 aromatic carbocycles. The maximum Gasteiger partial charge on any atom is 0.336 e. The first-order valence-corrected chi connectivity index (χ1v) is 6.49. The Hall–Kier alpha value is -2.41. The Labute approximate surface area is 117 Å². The van der Waals surface area contributed by atoms with Crippen molar-refractivity contribution in [2.45, 2.75) is 6.54 Å². The zero-order chi connectivity index (χ0) is 14.7. The predicted octanol–water partition coefficient (Wildman–Crippen LogP) is 2.30. The van der Waals surface area contributed by atoms with Crippen LogP contribution in [0.2, 0.25) is 0 Å². The molecule has 2 rings (SSSR count). The summed E-state index contributed by atoms with van der Waals surface area (Å²) in [4.78, 5) is 22.6. The maximum absolute atomic E-state index is 13.3. The van der Waals surface area contributed by atoms with Crippen LogP contribution in [-0.2, 0) is 6.54 Å². The molecule has 1 aromatic heterocycles. The molecule has 0 radical (unpaired) electrons. The van der Waals surface area contributed by atoms with Crippen molar-refractivity contribution in [3.05, 3.63) is 51.5 Å². The Morgan fingerprint density at radius 1 is 1.35 bits per heavy atom. The van der Waals surface area contributed by atoms with Crippen LogP contribution in [0, 0.1) is 5.82 Å². The van der Waals surface area contributed by atoms with Crippen molar-refractivity contribution in [3.63, 3.8) is 0 Å². The minimum absolute atomic E-state index is 0.188. The lowest BCUT2D eigenvalue weighted by Crippen LogP contribution is -2.13. The van der Waals surface area contributed by atoms with Gasteiger partial charge in [0.1, 0.15) is 5.82 Å². The Kier molecular flexibility index (Phi) is 3.99. The van der Waals surface area contributed by atoms with Gasteiger partial charge in [-0.05, 0) is 24.3 Å². The van der Waals surface area contributed by atoms with Gasteiger partial charge in [0.15, 0.2) is 0 Å². The molecule has 0 aliphatic heterocycles. The van der Waals surface area contributed by atoms with Crippen molar-refractivity contribution in [1.82, 2.24) is 0 Å². The van der Waals surface area contributed by atoms with Gasteiger partial charge in [-0.3, -0.25) is 4.79 Å². The summed E-state index contributed by atoms with van der Waals surface area (Å²) in [6.45, 7) is 0.377. The van der Waals surface area contributed by atoms with Crippen LogP contribution in [0.3, 0.4) is 0 Å². The van der Waals surface area contributed by atoms with Crippen LogP contribution < -0.4 is 11.1 Å². The Balaban J connectivity index is 2.08.